The highest BCUT2D eigenvalue weighted by molar-refractivity contribution is 5.91. The van der Waals surface area contributed by atoms with Crippen molar-refractivity contribution in [3.63, 3.8) is 0 Å². The molecule has 4 heteroatoms. The molecule has 0 radical (unpaired) electrons. The lowest BCUT2D eigenvalue weighted by molar-refractivity contribution is 0.250. The Hall–Kier alpha value is -3.14. The largest absolute Gasteiger partial charge is 0.327 e. The molecule has 118 valence electrons. The summed E-state index contributed by atoms with van der Waals surface area (Å²) in [6.45, 7) is 1.91. The first-order chi connectivity index (χ1) is 11.7. The second-order valence-electron chi connectivity index (χ2n) is 5.89. The summed E-state index contributed by atoms with van der Waals surface area (Å²) in [4.78, 5) is 16.6. The van der Waals surface area contributed by atoms with E-state index >= 15 is 0 Å². The number of hydrogen-bond acceptors (Lipinski definition) is 2. The summed E-state index contributed by atoms with van der Waals surface area (Å²) in [7, 11) is 0. The Balaban J connectivity index is 1.60. The van der Waals surface area contributed by atoms with Gasteiger partial charge in [0.1, 0.15) is 0 Å². The number of amides is 2. The maximum atomic E-state index is 12.4. The normalized spacial score (nSPS) is 12.4. The van der Waals surface area contributed by atoms with Crippen LogP contribution in [0, 0.1) is 6.92 Å². The van der Waals surface area contributed by atoms with Gasteiger partial charge in [0.05, 0.1) is 17.9 Å². The van der Waals surface area contributed by atoms with E-state index in [9.17, 15) is 4.79 Å². The predicted octanol–water partition coefficient (Wildman–Crippen LogP) is 4.28. The van der Waals surface area contributed by atoms with E-state index in [1.807, 2.05) is 43.3 Å². The zero-order valence-electron chi connectivity index (χ0n) is 13.3. The van der Waals surface area contributed by atoms with Crippen molar-refractivity contribution in [3.8, 4) is 11.1 Å². The van der Waals surface area contributed by atoms with Crippen molar-refractivity contribution in [1.82, 2.24) is 10.3 Å². The number of pyridine rings is 1. The first-order valence-electron chi connectivity index (χ1n) is 7.91. The minimum atomic E-state index is -0.239. The van der Waals surface area contributed by atoms with Crippen molar-refractivity contribution >= 4 is 11.7 Å². The lowest BCUT2D eigenvalue weighted by Gasteiger charge is -2.16. The minimum Gasteiger partial charge on any atom is -0.327 e. The molecule has 2 N–H and O–H groups in total. The van der Waals surface area contributed by atoms with Crippen molar-refractivity contribution < 1.29 is 4.79 Å². The van der Waals surface area contributed by atoms with Gasteiger partial charge in [-0.15, -0.1) is 0 Å². The smallest absolute Gasteiger partial charge is 0.320 e. The highest BCUT2D eigenvalue weighted by Gasteiger charge is 2.29. The number of nitrogens with one attached hydrogen (secondary N) is 2. The van der Waals surface area contributed by atoms with Gasteiger partial charge in [0.25, 0.3) is 0 Å². The van der Waals surface area contributed by atoms with Crippen molar-refractivity contribution in [3.05, 3.63) is 83.7 Å². The third-order valence-electron chi connectivity index (χ3n) is 4.28. The van der Waals surface area contributed by atoms with Crippen LogP contribution in [0.2, 0.25) is 0 Å². The van der Waals surface area contributed by atoms with Crippen LogP contribution in [0.15, 0.2) is 66.9 Å². The Bertz CT molecular complexity index is 857. The molecule has 4 nitrogen and oxygen atoms in total. The fourth-order valence-electron chi connectivity index (χ4n) is 3.15. The molecule has 0 bridgehead atoms. The molecule has 1 aliphatic carbocycles. The number of nitrogens with zero attached hydrogens (tertiary/aromatic N) is 1. The van der Waals surface area contributed by atoms with Gasteiger partial charge in [-0.25, -0.2) is 4.79 Å². The molecule has 3 aromatic rings. The number of carbonyl (C=O) groups excluding carboxylic acids is 1. The molecule has 2 amide bonds. The Morgan fingerprint density at radius 2 is 1.54 bits per heavy atom. The molecular formula is C20H17N3O. The number of rotatable bonds is 2. The molecule has 0 saturated heterocycles. The number of urea groups is 1. The van der Waals surface area contributed by atoms with E-state index in [0.717, 1.165) is 16.8 Å². The molecule has 0 fully saturated rings. The lowest BCUT2D eigenvalue weighted by Crippen LogP contribution is -2.32. The summed E-state index contributed by atoms with van der Waals surface area (Å²) >= 11 is 0. The molecule has 4 rings (SSSR count). The zero-order chi connectivity index (χ0) is 16.5. The molecular weight excluding hydrogens is 298 g/mol. The second-order valence-corrected chi connectivity index (χ2v) is 5.89. The summed E-state index contributed by atoms with van der Waals surface area (Å²) < 4.78 is 0. The standard InChI is InChI=1S/C20H17N3O/c1-13-10-11-14(12-21-13)22-20(24)23-19-17-8-4-2-6-15(17)16-7-3-5-9-18(16)19/h2-12,19H,1H3,(H2,22,23,24). The highest BCUT2D eigenvalue weighted by atomic mass is 16.2. The summed E-state index contributed by atoms with van der Waals surface area (Å²) in [5, 5.41) is 5.92. The van der Waals surface area contributed by atoms with Crippen molar-refractivity contribution in [2.45, 2.75) is 13.0 Å². The molecule has 1 aromatic heterocycles. The van der Waals surface area contributed by atoms with Crippen LogP contribution in [0.3, 0.4) is 0 Å². The van der Waals surface area contributed by atoms with Gasteiger partial charge in [-0.1, -0.05) is 48.5 Å². The van der Waals surface area contributed by atoms with Gasteiger partial charge in [-0.3, -0.25) is 4.98 Å². The Morgan fingerprint density at radius 3 is 2.12 bits per heavy atom. The summed E-state index contributed by atoms with van der Waals surface area (Å²) in [5.41, 5.74) is 6.19. The molecule has 2 aromatic carbocycles. The van der Waals surface area contributed by atoms with Gasteiger partial charge in [0, 0.05) is 5.69 Å². The van der Waals surface area contributed by atoms with E-state index in [1.165, 1.54) is 11.1 Å². The SMILES string of the molecule is Cc1ccc(NC(=O)NC2c3ccccc3-c3ccccc32)cn1. The third kappa shape index (κ3) is 2.52. The van der Waals surface area contributed by atoms with Gasteiger partial charge in [0.2, 0.25) is 0 Å². The van der Waals surface area contributed by atoms with E-state index in [1.54, 1.807) is 6.20 Å². The number of hydrogen-bond donors (Lipinski definition) is 2. The number of aromatic nitrogens is 1. The summed E-state index contributed by atoms with van der Waals surface area (Å²) in [6, 6.07) is 19.7. The maximum Gasteiger partial charge on any atom is 0.320 e. The van der Waals surface area contributed by atoms with Crippen LogP contribution >= 0.6 is 0 Å². The fraction of sp³-hybridized carbons (Fsp3) is 0.100. The van der Waals surface area contributed by atoms with Crippen LogP contribution in [-0.4, -0.2) is 11.0 Å². The van der Waals surface area contributed by atoms with E-state index in [4.69, 9.17) is 0 Å². The Kier molecular flexibility index (Phi) is 3.50. The zero-order valence-corrected chi connectivity index (χ0v) is 13.3. The van der Waals surface area contributed by atoms with Crippen molar-refractivity contribution in [2.75, 3.05) is 5.32 Å². The van der Waals surface area contributed by atoms with Gasteiger partial charge in [0.15, 0.2) is 0 Å². The number of fused-ring (bicyclic) bond motifs is 3. The van der Waals surface area contributed by atoms with E-state index in [2.05, 4.69) is 39.9 Å². The first kappa shape index (κ1) is 14.5. The third-order valence-corrected chi connectivity index (χ3v) is 4.28. The average Bonchev–Trinajstić information content (AvgIpc) is 2.92. The summed E-state index contributed by atoms with van der Waals surface area (Å²) in [6.07, 6.45) is 1.66. The molecule has 1 aliphatic rings. The second kappa shape index (κ2) is 5.81. The number of benzene rings is 2. The monoisotopic (exact) mass is 315 g/mol. The van der Waals surface area contributed by atoms with Crippen LogP contribution in [0.1, 0.15) is 22.9 Å². The molecule has 1 heterocycles. The van der Waals surface area contributed by atoms with Gasteiger partial charge >= 0.3 is 6.03 Å². The number of carbonyl (C=O) groups is 1. The topological polar surface area (TPSA) is 54.0 Å². The first-order valence-corrected chi connectivity index (χ1v) is 7.91. The van der Waals surface area contributed by atoms with Gasteiger partial charge < -0.3 is 10.6 Å². The average molecular weight is 315 g/mol. The van der Waals surface area contributed by atoms with Crippen LogP contribution < -0.4 is 10.6 Å². The van der Waals surface area contributed by atoms with Crippen LogP contribution in [0.4, 0.5) is 10.5 Å². The highest BCUT2D eigenvalue weighted by Crippen LogP contribution is 2.42. The van der Waals surface area contributed by atoms with Crippen LogP contribution in [0.5, 0.6) is 0 Å². The fourth-order valence-corrected chi connectivity index (χ4v) is 3.15. The molecule has 0 atom stereocenters. The quantitative estimate of drug-likeness (QED) is 0.741. The van der Waals surface area contributed by atoms with Crippen molar-refractivity contribution in [1.29, 1.82) is 0 Å². The number of aryl methyl sites for hydroxylation is 1. The summed E-state index contributed by atoms with van der Waals surface area (Å²) in [5.74, 6) is 0. The molecule has 0 spiro atoms. The number of anilines is 1. The van der Waals surface area contributed by atoms with E-state index < -0.39 is 0 Å². The minimum absolute atomic E-state index is 0.143. The van der Waals surface area contributed by atoms with Gasteiger partial charge in [-0.2, -0.15) is 0 Å². The molecule has 0 unspecified atom stereocenters. The molecule has 0 saturated carbocycles. The van der Waals surface area contributed by atoms with Gasteiger partial charge in [-0.05, 0) is 41.3 Å². The molecule has 24 heavy (non-hydrogen) atoms. The van der Waals surface area contributed by atoms with E-state index in [-0.39, 0.29) is 12.1 Å². The maximum absolute atomic E-state index is 12.4. The van der Waals surface area contributed by atoms with E-state index in [0.29, 0.717) is 5.69 Å². The van der Waals surface area contributed by atoms with Crippen LogP contribution in [0.25, 0.3) is 11.1 Å². The van der Waals surface area contributed by atoms with Crippen LogP contribution in [-0.2, 0) is 0 Å². The molecule has 0 aliphatic heterocycles. The Labute approximate surface area is 140 Å². The lowest BCUT2D eigenvalue weighted by atomic mass is 10.1. The predicted molar refractivity (Wildman–Crippen MR) is 94.8 cm³/mol. The Morgan fingerprint density at radius 1 is 0.917 bits per heavy atom. The van der Waals surface area contributed by atoms with Crippen molar-refractivity contribution in [2.24, 2.45) is 0 Å².